The van der Waals surface area contributed by atoms with Crippen molar-refractivity contribution in [1.82, 2.24) is 9.97 Å². The first-order valence-electron chi connectivity index (χ1n) is 4.69. The molecule has 74 valence electrons. The van der Waals surface area contributed by atoms with E-state index in [0.29, 0.717) is 5.92 Å². The minimum absolute atomic E-state index is 0.625. The summed E-state index contributed by atoms with van der Waals surface area (Å²) in [5.41, 5.74) is 1.02. The van der Waals surface area contributed by atoms with Crippen LogP contribution in [0.4, 0.5) is 5.82 Å². The maximum Gasteiger partial charge on any atom is 0.147 e. The minimum Gasteiger partial charge on any atom is -0.369 e. The van der Waals surface area contributed by atoms with Gasteiger partial charge >= 0.3 is 0 Å². The summed E-state index contributed by atoms with van der Waals surface area (Å²) in [5.74, 6) is 1.58. The number of nitrogens with zero attached hydrogens (tertiary/aromatic N) is 2. The van der Waals surface area contributed by atoms with Crippen LogP contribution >= 0.6 is 11.3 Å². The zero-order chi connectivity index (χ0) is 9.97. The molecule has 0 atom stereocenters. The molecule has 1 N–H and O–H groups in total. The number of hydrogen-bond donors (Lipinski definition) is 1. The van der Waals surface area contributed by atoms with Crippen LogP contribution in [0.5, 0.6) is 0 Å². The smallest absolute Gasteiger partial charge is 0.147 e. The minimum atomic E-state index is 0.625. The summed E-state index contributed by atoms with van der Waals surface area (Å²) in [5, 5.41) is 5.37. The van der Waals surface area contributed by atoms with Crippen LogP contribution in [0.1, 0.15) is 13.8 Å². The van der Waals surface area contributed by atoms with Gasteiger partial charge in [-0.25, -0.2) is 9.97 Å². The van der Waals surface area contributed by atoms with Crippen LogP contribution in [0, 0.1) is 5.92 Å². The zero-order valence-electron chi connectivity index (χ0n) is 8.32. The van der Waals surface area contributed by atoms with E-state index < -0.39 is 0 Å². The molecule has 0 bridgehead atoms. The number of thiophene rings is 1. The van der Waals surface area contributed by atoms with Gasteiger partial charge in [-0.2, -0.15) is 0 Å². The maximum atomic E-state index is 4.24. The Morgan fingerprint density at radius 1 is 1.43 bits per heavy atom. The molecule has 2 heterocycles. The van der Waals surface area contributed by atoms with Crippen LogP contribution in [0.25, 0.3) is 10.2 Å². The first-order chi connectivity index (χ1) is 6.77. The third-order valence-corrected chi connectivity index (χ3v) is 2.83. The predicted molar refractivity (Wildman–Crippen MR) is 60.7 cm³/mol. The quantitative estimate of drug-likeness (QED) is 0.841. The molecule has 4 heteroatoms. The van der Waals surface area contributed by atoms with E-state index in [-0.39, 0.29) is 0 Å². The van der Waals surface area contributed by atoms with Gasteiger partial charge in [-0.1, -0.05) is 13.8 Å². The molecule has 0 aliphatic rings. The summed E-state index contributed by atoms with van der Waals surface area (Å²) < 4.78 is 1.15. The number of fused-ring (bicyclic) bond motifs is 1. The second kappa shape index (κ2) is 3.92. The van der Waals surface area contributed by atoms with E-state index in [0.717, 1.165) is 22.6 Å². The normalized spacial score (nSPS) is 11.1. The Hall–Kier alpha value is -1.16. The van der Waals surface area contributed by atoms with Crippen LogP contribution in [0.3, 0.4) is 0 Å². The number of hydrogen-bond acceptors (Lipinski definition) is 4. The van der Waals surface area contributed by atoms with Gasteiger partial charge in [-0.3, -0.25) is 0 Å². The Bertz CT molecular complexity index is 422. The summed E-state index contributed by atoms with van der Waals surface area (Å²) >= 11 is 1.68. The van der Waals surface area contributed by atoms with E-state index in [2.05, 4.69) is 29.1 Å². The summed E-state index contributed by atoms with van der Waals surface area (Å²) in [4.78, 5) is 8.43. The van der Waals surface area contributed by atoms with Gasteiger partial charge < -0.3 is 5.32 Å². The molecule has 0 aliphatic heterocycles. The fraction of sp³-hybridized carbons (Fsp3) is 0.400. The van der Waals surface area contributed by atoms with E-state index in [1.165, 1.54) is 0 Å². The molecule has 2 aromatic heterocycles. The van der Waals surface area contributed by atoms with Crippen molar-refractivity contribution >= 4 is 27.4 Å². The molecule has 0 aliphatic carbocycles. The second-order valence-corrected chi connectivity index (χ2v) is 4.55. The summed E-state index contributed by atoms with van der Waals surface area (Å²) in [6.45, 7) is 5.31. The highest BCUT2D eigenvalue weighted by Crippen LogP contribution is 2.24. The summed E-state index contributed by atoms with van der Waals surface area (Å²) in [7, 11) is 0. The van der Waals surface area contributed by atoms with Gasteiger partial charge in [0.2, 0.25) is 0 Å². The van der Waals surface area contributed by atoms with Gasteiger partial charge in [0.05, 0.1) is 10.2 Å². The molecule has 3 nitrogen and oxygen atoms in total. The lowest BCUT2D eigenvalue weighted by Crippen LogP contribution is -2.09. The predicted octanol–water partition coefficient (Wildman–Crippen LogP) is 2.76. The highest BCUT2D eigenvalue weighted by Gasteiger charge is 2.04. The van der Waals surface area contributed by atoms with E-state index in [4.69, 9.17) is 0 Å². The Morgan fingerprint density at radius 3 is 3.07 bits per heavy atom. The summed E-state index contributed by atoms with van der Waals surface area (Å²) in [6.07, 6.45) is 1.61. The molecular weight excluding hydrogens is 194 g/mol. The van der Waals surface area contributed by atoms with Crippen molar-refractivity contribution in [3.8, 4) is 0 Å². The van der Waals surface area contributed by atoms with Crippen molar-refractivity contribution in [3.05, 3.63) is 17.8 Å². The van der Waals surface area contributed by atoms with Crippen LogP contribution < -0.4 is 5.32 Å². The first-order valence-corrected chi connectivity index (χ1v) is 5.57. The largest absolute Gasteiger partial charge is 0.369 e. The SMILES string of the molecule is CC(C)CNc1ncnc2ccsc12. The molecule has 0 saturated heterocycles. The first kappa shape index (κ1) is 9.40. The molecule has 0 spiro atoms. The number of rotatable bonds is 3. The molecule has 0 fully saturated rings. The molecular formula is C10H13N3S. The monoisotopic (exact) mass is 207 g/mol. The molecule has 14 heavy (non-hydrogen) atoms. The molecule has 0 unspecified atom stereocenters. The van der Waals surface area contributed by atoms with E-state index in [1.807, 2.05) is 11.4 Å². The van der Waals surface area contributed by atoms with Gasteiger partial charge in [0, 0.05) is 6.54 Å². The molecule has 0 saturated carbocycles. The lowest BCUT2D eigenvalue weighted by atomic mass is 10.2. The Morgan fingerprint density at radius 2 is 2.29 bits per heavy atom. The van der Waals surface area contributed by atoms with Crippen molar-refractivity contribution in [1.29, 1.82) is 0 Å². The van der Waals surface area contributed by atoms with Crippen LogP contribution in [-0.2, 0) is 0 Å². The van der Waals surface area contributed by atoms with Crippen molar-refractivity contribution < 1.29 is 0 Å². The number of anilines is 1. The molecule has 2 rings (SSSR count). The highest BCUT2D eigenvalue weighted by molar-refractivity contribution is 7.17. The molecule has 0 aromatic carbocycles. The zero-order valence-corrected chi connectivity index (χ0v) is 9.14. The third-order valence-electron chi connectivity index (χ3n) is 1.92. The fourth-order valence-electron chi connectivity index (χ4n) is 1.22. The average Bonchev–Trinajstić information content (AvgIpc) is 2.62. The number of aromatic nitrogens is 2. The van der Waals surface area contributed by atoms with E-state index in [9.17, 15) is 0 Å². The Kier molecular flexibility index (Phi) is 2.63. The molecule has 0 amide bonds. The van der Waals surface area contributed by atoms with Gasteiger partial charge in [0.15, 0.2) is 0 Å². The molecule has 0 radical (unpaired) electrons. The van der Waals surface area contributed by atoms with Crippen molar-refractivity contribution in [2.24, 2.45) is 5.92 Å². The van der Waals surface area contributed by atoms with Crippen molar-refractivity contribution in [2.45, 2.75) is 13.8 Å². The topological polar surface area (TPSA) is 37.8 Å². The molecule has 2 aromatic rings. The van der Waals surface area contributed by atoms with E-state index in [1.54, 1.807) is 17.7 Å². The third kappa shape index (κ3) is 1.85. The van der Waals surface area contributed by atoms with Crippen LogP contribution in [0.2, 0.25) is 0 Å². The van der Waals surface area contributed by atoms with Gasteiger partial charge in [-0.05, 0) is 17.4 Å². The van der Waals surface area contributed by atoms with Crippen LogP contribution in [-0.4, -0.2) is 16.5 Å². The van der Waals surface area contributed by atoms with E-state index >= 15 is 0 Å². The van der Waals surface area contributed by atoms with Crippen molar-refractivity contribution in [3.63, 3.8) is 0 Å². The Balaban J connectivity index is 2.27. The van der Waals surface area contributed by atoms with Crippen molar-refractivity contribution in [2.75, 3.05) is 11.9 Å². The van der Waals surface area contributed by atoms with Crippen LogP contribution in [0.15, 0.2) is 17.8 Å². The maximum absolute atomic E-state index is 4.24. The van der Waals surface area contributed by atoms with Gasteiger partial charge in [-0.15, -0.1) is 11.3 Å². The van der Waals surface area contributed by atoms with Gasteiger partial charge in [0.25, 0.3) is 0 Å². The standard InChI is InChI=1S/C10H13N3S/c1-7(2)5-11-10-9-8(3-4-14-9)12-6-13-10/h3-4,6-7H,5H2,1-2H3,(H,11,12,13). The Labute approximate surface area is 87.2 Å². The second-order valence-electron chi connectivity index (χ2n) is 3.63. The van der Waals surface area contributed by atoms with Gasteiger partial charge in [0.1, 0.15) is 12.1 Å². The lowest BCUT2D eigenvalue weighted by molar-refractivity contribution is 0.687. The summed E-state index contributed by atoms with van der Waals surface area (Å²) in [6, 6.07) is 2.02. The average molecular weight is 207 g/mol. The lowest BCUT2D eigenvalue weighted by Gasteiger charge is -2.07. The highest BCUT2D eigenvalue weighted by atomic mass is 32.1. The fourth-order valence-corrected chi connectivity index (χ4v) is 2.03. The number of nitrogens with one attached hydrogen (secondary N) is 1.